The SMILES string of the molecule is C=CCC[C@H](O)C[NH+](CCCOC)Cc1cccn1Cc1ccc(C(C)(C)C)cc1. The minimum absolute atomic E-state index is 0.176. The van der Waals surface area contributed by atoms with Gasteiger partial charge in [0.1, 0.15) is 19.2 Å². The summed E-state index contributed by atoms with van der Waals surface area (Å²) in [4.78, 5) is 1.40. The molecule has 0 amide bonds. The normalized spacial score (nSPS) is 13.9. The van der Waals surface area contributed by atoms with Crippen molar-refractivity contribution in [2.75, 3.05) is 26.8 Å². The Bertz CT molecular complexity index is 743. The van der Waals surface area contributed by atoms with Gasteiger partial charge in [-0.1, -0.05) is 51.1 Å². The molecule has 1 aromatic heterocycles. The van der Waals surface area contributed by atoms with Crippen molar-refractivity contribution in [2.24, 2.45) is 0 Å². The molecule has 0 aliphatic carbocycles. The van der Waals surface area contributed by atoms with Crippen LogP contribution in [0.5, 0.6) is 0 Å². The number of ether oxygens (including phenoxy) is 1. The van der Waals surface area contributed by atoms with Gasteiger partial charge in [-0.3, -0.25) is 0 Å². The molecular weight excluding hydrogens is 372 g/mol. The summed E-state index contributed by atoms with van der Waals surface area (Å²) in [6, 6.07) is 13.3. The fraction of sp³-hybridized carbons (Fsp3) is 0.538. The average molecular weight is 414 g/mol. The highest BCUT2D eigenvalue weighted by atomic mass is 16.5. The van der Waals surface area contributed by atoms with Gasteiger partial charge in [-0.05, 0) is 41.5 Å². The molecule has 0 fully saturated rings. The maximum Gasteiger partial charge on any atom is 0.118 e. The van der Waals surface area contributed by atoms with Gasteiger partial charge in [-0.15, -0.1) is 6.58 Å². The van der Waals surface area contributed by atoms with Gasteiger partial charge in [0.05, 0.1) is 18.8 Å². The summed E-state index contributed by atoms with van der Waals surface area (Å²) >= 11 is 0. The number of nitrogens with zero attached hydrogens (tertiary/aromatic N) is 1. The molecule has 0 bridgehead atoms. The van der Waals surface area contributed by atoms with E-state index in [1.54, 1.807) is 7.11 Å². The number of rotatable bonds is 13. The quantitative estimate of drug-likeness (QED) is 0.389. The lowest BCUT2D eigenvalue weighted by molar-refractivity contribution is -0.917. The first-order valence-electron chi connectivity index (χ1n) is 11.2. The van der Waals surface area contributed by atoms with Crippen LogP contribution in [0, 0.1) is 0 Å². The molecule has 1 aromatic carbocycles. The highest BCUT2D eigenvalue weighted by Gasteiger charge is 2.17. The van der Waals surface area contributed by atoms with Gasteiger partial charge >= 0.3 is 0 Å². The Hall–Kier alpha value is -1.88. The molecule has 2 atom stereocenters. The van der Waals surface area contributed by atoms with E-state index in [-0.39, 0.29) is 11.5 Å². The smallest absolute Gasteiger partial charge is 0.118 e. The second-order valence-electron chi connectivity index (χ2n) is 9.32. The summed E-state index contributed by atoms with van der Waals surface area (Å²) in [6.07, 6.45) is 6.37. The van der Waals surface area contributed by atoms with Crippen molar-refractivity contribution >= 4 is 0 Å². The van der Waals surface area contributed by atoms with Crippen molar-refractivity contribution in [2.45, 2.75) is 64.6 Å². The molecule has 0 saturated carbocycles. The Labute approximate surface area is 183 Å². The maximum atomic E-state index is 10.4. The Morgan fingerprint density at radius 2 is 1.93 bits per heavy atom. The fourth-order valence-corrected chi connectivity index (χ4v) is 3.80. The molecule has 4 nitrogen and oxygen atoms in total. The third kappa shape index (κ3) is 8.10. The number of aliphatic hydroxyl groups is 1. The zero-order valence-corrected chi connectivity index (χ0v) is 19.4. The van der Waals surface area contributed by atoms with Crippen LogP contribution < -0.4 is 4.90 Å². The first kappa shape index (κ1) is 24.4. The Morgan fingerprint density at radius 1 is 1.20 bits per heavy atom. The first-order chi connectivity index (χ1) is 14.3. The number of quaternary nitrogens is 1. The number of allylic oxidation sites excluding steroid dienone is 1. The fourth-order valence-electron chi connectivity index (χ4n) is 3.80. The summed E-state index contributed by atoms with van der Waals surface area (Å²) in [5.41, 5.74) is 4.15. The largest absolute Gasteiger partial charge is 0.387 e. The van der Waals surface area contributed by atoms with E-state index in [0.29, 0.717) is 0 Å². The van der Waals surface area contributed by atoms with E-state index in [4.69, 9.17) is 4.74 Å². The van der Waals surface area contributed by atoms with Crippen LogP contribution in [0.15, 0.2) is 55.3 Å². The Balaban J connectivity index is 2.04. The van der Waals surface area contributed by atoms with E-state index in [2.05, 4.69) is 74.5 Å². The summed E-state index contributed by atoms with van der Waals surface area (Å²) in [5.74, 6) is 0. The molecule has 0 aliphatic rings. The van der Waals surface area contributed by atoms with Crippen LogP contribution in [0.1, 0.15) is 56.9 Å². The van der Waals surface area contributed by atoms with Crippen molar-refractivity contribution < 1.29 is 14.7 Å². The van der Waals surface area contributed by atoms with Crippen LogP contribution in [-0.4, -0.2) is 42.6 Å². The van der Waals surface area contributed by atoms with E-state index >= 15 is 0 Å². The van der Waals surface area contributed by atoms with Crippen molar-refractivity contribution in [3.05, 3.63) is 72.1 Å². The van der Waals surface area contributed by atoms with Crippen molar-refractivity contribution in [3.63, 3.8) is 0 Å². The van der Waals surface area contributed by atoms with Crippen LogP contribution in [-0.2, 0) is 23.2 Å². The second kappa shape index (κ2) is 12.1. The third-order valence-corrected chi connectivity index (χ3v) is 5.63. The number of hydrogen-bond donors (Lipinski definition) is 2. The van der Waals surface area contributed by atoms with Gasteiger partial charge in [0.25, 0.3) is 0 Å². The molecule has 30 heavy (non-hydrogen) atoms. The predicted molar refractivity (Wildman–Crippen MR) is 125 cm³/mol. The zero-order chi connectivity index (χ0) is 22.0. The van der Waals surface area contributed by atoms with Gasteiger partial charge in [-0.25, -0.2) is 0 Å². The van der Waals surface area contributed by atoms with Gasteiger partial charge in [0.15, 0.2) is 0 Å². The van der Waals surface area contributed by atoms with Crippen molar-refractivity contribution in [1.82, 2.24) is 4.57 Å². The number of hydrogen-bond acceptors (Lipinski definition) is 2. The van der Waals surface area contributed by atoms with Crippen molar-refractivity contribution in [1.29, 1.82) is 0 Å². The molecule has 2 N–H and O–H groups in total. The summed E-state index contributed by atoms with van der Waals surface area (Å²) in [6.45, 7) is 14.8. The molecule has 2 rings (SSSR count). The number of nitrogens with one attached hydrogen (secondary N) is 1. The molecule has 1 heterocycles. The second-order valence-corrected chi connectivity index (χ2v) is 9.32. The Kier molecular flexibility index (Phi) is 9.83. The van der Waals surface area contributed by atoms with Crippen molar-refractivity contribution in [3.8, 4) is 0 Å². The summed E-state index contributed by atoms with van der Waals surface area (Å²) < 4.78 is 7.57. The lowest BCUT2D eigenvalue weighted by Gasteiger charge is -2.23. The predicted octanol–water partition coefficient (Wildman–Crippen LogP) is 3.58. The number of methoxy groups -OCH3 is 1. The first-order valence-corrected chi connectivity index (χ1v) is 11.2. The molecule has 166 valence electrons. The van der Waals surface area contributed by atoms with Crippen LogP contribution in [0.4, 0.5) is 0 Å². The summed E-state index contributed by atoms with van der Waals surface area (Å²) in [5, 5.41) is 10.4. The van der Waals surface area contributed by atoms with Crippen LogP contribution >= 0.6 is 0 Å². The highest BCUT2D eigenvalue weighted by molar-refractivity contribution is 5.28. The van der Waals surface area contributed by atoms with Crippen LogP contribution in [0.2, 0.25) is 0 Å². The van der Waals surface area contributed by atoms with E-state index in [1.807, 2.05) is 6.08 Å². The molecule has 1 unspecified atom stereocenters. The van der Waals surface area contributed by atoms with Gasteiger partial charge in [-0.2, -0.15) is 0 Å². The average Bonchev–Trinajstić information content (AvgIpc) is 3.12. The molecule has 0 radical (unpaired) electrons. The lowest BCUT2D eigenvalue weighted by atomic mass is 9.87. The monoisotopic (exact) mass is 413 g/mol. The molecule has 0 saturated heterocycles. The standard InChI is InChI=1S/C26H40N2O2/c1-6-7-11-25(29)21-27(16-9-18-30-5)20-24-10-8-17-28(24)19-22-12-14-23(15-13-22)26(2,3)4/h6,8,10,12-15,17,25,29H,1,7,9,11,16,18-21H2,2-5H3/p+1/t25-/m0/s1. The molecular formula is C26H41N2O2+. The highest BCUT2D eigenvalue weighted by Crippen LogP contribution is 2.22. The summed E-state index contributed by atoms with van der Waals surface area (Å²) in [7, 11) is 1.74. The lowest BCUT2D eigenvalue weighted by Crippen LogP contribution is -3.12. The minimum atomic E-state index is -0.297. The van der Waals surface area contributed by atoms with E-state index in [9.17, 15) is 5.11 Å². The number of aromatic nitrogens is 1. The third-order valence-electron chi connectivity index (χ3n) is 5.63. The molecule has 4 heteroatoms. The van der Waals surface area contributed by atoms with Crippen LogP contribution in [0.3, 0.4) is 0 Å². The van der Waals surface area contributed by atoms with Gasteiger partial charge < -0.3 is 19.3 Å². The Morgan fingerprint density at radius 3 is 2.57 bits per heavy atom. The maximum absolute atomic E-state index is 10.4. The number of benzene rings is 1. The van der Waals surface area contributed by atoms with Gasteiger partial charge in [0.2, 0.25) is 0 Å². The topological polar surface area (TPSA) is 38.8 Å². The molecule has 2 aromatic rings. The minimum Gasteiger partial charge on any atom is -0.387 e. The zero-order valence-electron chi connectivity index (χ0n) is 19.4. The molecule has 0 aliphatic heterocycles. The van der Waals surface area contributed by atoms with E-state index in [1.165, 1.54) is 21.7 Å². The van der Waals surface area contributed by atoms with E-state index < -0.39 is 0 Å². The van der Waals surface area contributed by atoms with Crippen LogP contribution in [0.25, 0.3) is 0 Å². The van der Waals surface area contributed by atoms with E-state index in [0.717, 1.165) is 52.0 Å². The number of aliphatic hydroxyl groups excluding tert-OH is 1. The van der Waals surface area contributed by atoms with Gasteiger partial charge in [0, 0.05) is 26.3 Å². The molecule has 0 spiro atoms.